The summed E-state index contributed by atoms with van der Waals surface area (Å²) in [5.41, 5.74) is 8.22. The second kappa shape index (κ2) is 6.03. The van der Waals surface area contributed by atoms with Gasteiger partial charge in [-0.3, -0.25) is 4.90 Å². The second-order valence-corrected chi connectivity index (χ2v) is 6.48. The fourth-order valence-corrected chi connectivity index (χ4v) is 3.68. The van der Waals surface area contributed by atoms with Crippen molar-refractivity contribution in [3.8, 4) is 11.5 Å². The van der Waals surface area contributed by atoms with E-state index in [0.29, 0.717) is 35.9 Å². The molecule has 1 aromatic rings. The predicted molar refractivity (Wildman–Crippen MR) is 84.3 cm³/mol. The lowest BCUT2D eigenvalue weighted by molar-refractivity contribution is 0.295. The standard InChI is InChI=1S/C16H23ClN2O2/c1-10-12(14-6-11(8-18)9-19(14)2)7-13(17)16-15(10)20-4-3-5-21-16/h7,11,14H,3-6,8-9,18H2,1-2H3. The third-order valence-corrected chi connectivity index (χ3v) is 4.87. The number of benzene rings is 1. The van der Waals surface area contributed by atoms with Crippen molar-refractivity contribution in [1.82, 2.24) is 4.90 Å². The van der Waals surface area contributed by atoms with E-state index in [9.17, 15) is 0 Å². The molecule has 2 unspecified atom stereocenters. The van der Waals surface area contributed by atoms with Gasteiger partial charge in [-0.15, -0.1) is 0 Å². The van der Waals surface area contributed by atoms with Crippen molar-refractivity contribution in [2.45, 2.75) is 25.8 Å². The molecule has 3 rings (SSSR count). The van der Waals surface area contributed by atoms with E-state index in [0.717, 1.165) is 37.2 Å². The molecule has 1 saturated heterocycles. The molecular formula is C16H23ClN2O2. The summed E-state index contributed by atoms with van der Waals surface area (Å²) in [4.78, 5) is 2.36. The summed E-state index contributed by atoms with van der Waals surface area (Å²) in [5.74, 6) is 2.07. The van der Waals surface area contributed by atoms with Crippen LogP contribution in [-0.2, 0) is 0 Å². The highest BCUT2D eigenvalue weighted by Gasteiger charge is 2.32. The molecule has 116 valence electrons. The lowest BCUT2D eigenvalue weighted by Crippen LogP contribution is -2.21. The normalized spacial score (nSPS) is 25.9. The third-order valence-electron chi connectivity index (χ3n) is 4.59. The fraction of sp³-hybridized carbons (Fsp3) is 0.625. The average molecular weight is 311 g/mol. The van der Waals surface area contributed by atoms with Crippen molar-refractivity contribution in [1.29, 1.82) is 0 Å². The molecule has 5 heteroatoms. The molecule has 1 fully saturated rings. The Kier molecular flexibility index (Phi) is 4.29. The van der Waals surface area contributed by atoms with E-state index in [1.54, 1.807) is 0 Å². The van der Waals surface area contributed by atoms with Gasteiger partial charge in [-0.1, -0.05) is 11.6 Å². The van der Waals surface area contributed by atoms with Gasteiger partial charge < -0.3 is 15.2 Å². The van der Waals surface area contributed by atoms with Gasteiger partial charge in [0.25, 0.3) is 0 Å². The lowest BCUT2D eigenvalue weighted by atomic mass is 9.95. The summed E-state index contributed by atoms with van der Waals surface area (Å²) >= 11 is 6.44. The summed E-state index contributed by atoms with van der Waals surface area (Å²) in [6.45, 7) is 5.21. The summed E-state index contributed by atoms with van der Waals surface area (Å²) < 4.78 is 11.7. The maximum atomic E-state index is 6.44. The minimum atomic E-state index is 0.355. The number of likely N-dealkylation sites (tertiary alicyclic amines) is 1. The first kappa shape index (κ1) is 14.9. The zero-order valence-electron chi connectivity index (χ0n) is 12.7. The van der Waals surface area contributed by atoms with Crippen molar-refractivity contribution >= 4 is 11.6 Å². The lowest BCUT2D eigenvalue weighted by Gasteiger charge is -2.24. The first-order valence-electron chi connectivity index (χ1n) is 7.60. The number of ether oxygens (including phenoxy) is 2. The van der Waals surface area contributed by atoms with Crippen LogP contribution in [-0.4, -0.2) is 38.3 Å². The SMILES string of the molecule is Cc1c(C2CC(CN)CN2C)cc(Cl)c2c1OCCCO2. The van der Waals surface area contributed by atoms with Gasteiger partial charge in [0.05, 0.1) is 18.2 Å². The fourth-order valence-electron chi connectivity index (χ4n) is 3.42. The van der Waals surface area contributed by atoms with Crippen LogP contribution in [0.3, 0.4) is 0 Å². The van der Waals surface area contributed by atoms with Crippen molar-refractivity contribution in [3.63, 3.8) is 0 Å². The molecule has 0 bridgehead atoms. The maximum Gasteiger partial charge on any atom is 0.180 e. The van der Waals surface area contributed by atoms with Crippen LogP contribution < -0.4 is 15.2 Å². The number of hydrogen-bond donors (Lipinski definition) is 1. The third kappa shape index (κ3) is 2.72. The van der Waals surface area contributed by atoms with Gasteiger partial charge >= 0.3 is 0 Å². The minimum Gasteiger partial charge on any atom is -0.489 e. The van der Waals surface area contributed by atoms with Gasteiger partial charge in [0.2, 0.25) is 0 Å². The van der Waals surface area contributed by atoms with Crippen LogP contribution in [0.4, 0.5) is 0 Å². The number of nitrogens with two attached hydrogens (primary N) is 1. The molecule has 2 N–H and O–H groups in total. The van der Waals surface area contributed by atoms with Gasteiger partial charge in [0, 0.05) is 19.0 Å². The number of fused-ring (bicyclic) bond motifs is 1. The first-order chi connectivity index (χ1) is 10.1. The smallest absolute Gasteiger partial charge is 0.180 e. The van der Waals surface area contributed by atoms with E-state index in [4.69, 9.17) is 26.8 Å². The van der Waals surface area contributed by atoms with Crippen LogP contribution in [0.15, 0.2) is 6.07 Å². The van der Waals surface area contributed by atoms with Crippen molar-refractivity contribution in [2.75, 3.05) is 33.4 Å². The summed E-state index contributed by atoms with van der Waals surface area (Å²) in [7, 11) is 2.15. The Morgan fingerprint density at radius 3 is 2.71 bits per heavy atom. The largest absolute Gasteiger partial charge is 0.489 e. The molecule has 0 amide bonds. The quantitative estimate of drug-likeness (QED) is 0.912. The highest BCUT2D eigenvalue weighted by molar-refractivity contribution is 6.32. The van der Waals surface area contributed by atoms with Gasteiger partial charge in [-0.2, -0.15) is 0 Å². The zero-order valence-corrected chi connectivity index (χ0v) is 13.4. The van der Waals surface area contributed by atoms with Gasteiger partial charge in [-0.25, -0.2) is 0 Å². The van der Waals surface area contributed by atoms with Crippen LogP contribution in [0.5, 0.6) is 11.5 Å². The highest BCUT2D eigenvalue weighted by Crippen LogP contribution is 2.46. The average Bonchev–Trinajstić information content (AvgIpc) is 2.69. The Bertz CT molecular complexity index is 535. The molecule has 0 spiro atoms. The molecule has 2 heterocycles. The van der Waals surface area contributed by atoms with Crippen molar-refractivity contribution < 1.29 is 9.47 Å². The van der Waals surface area contributed by atoms with Crippen molar-refractivity contribution in [2.24, 2.45) is 11.7 Å². The van der Waals surface area contributed by atoms with E-state index >= 15 is 0 Å². The predicted octanol–water partition coefficient (Wildman–Crippen LogP) is 2.76. The van der Waals surface area contributed by atoms with Crippen molar-refractivity contribution in [3.05, 3.63) is 22.2 Å². The van der Waals surface area contributed by atoms with Gasteiger partial charge in [0.15, 0.2) is 11.5 Å². The van der Waals surface area contributed by atoms with E-state index in [1.807, 2.05) is 6.07 Å². The molecule has 2 aliphatic rings. The summed E-state index contributed by atoms with van der Waals surface area (Å²) in [6, 6.07) is 2.40. The molecule has 0 saturated carbocycles. The molecule has 2 atom stereocenters. The highest BCUT2D eigenvalue weighted by atomic mass is 35.5. The van der Waals surface area contributed by atoms with E-state index in [-0.39, 0.29) is 0 Å². The minimum absolute atomic E-state index is 0.355. The Labute approximate surface area is 131 Å². The molecule has 0 aliphatic carbocycles. The summed E-state index contributed by atoms with van der Waals surface area (Å²) in [6.07, 6.45) is 1.96. The van der Waals surface area contributed by atoms with Crippen LogP contribution in [0.25, 0.3) is 0 Å². The number of rotatable bonds is 2. The maximum absolute atomic E-state index is 6.44. The van der Waals surface area contributed by atoms with E-state index in [2.05, 4.69) is 18.9 Å². The van der Waals surface area contributed by atoms with Crippen LogP contribution in [0, 0.1) is 12.8 Å². The molecular weight excluding hydrogens is 288 g/mol. The Morgan fingerprint density at radius 1 is 1.33 bits per heavy atom. The van der Waals surface area contributed by atoms with Gasteiger partial charge in [0.1, 0.15) is 0 Å². The van der Waals surface area contributed by atoms with E-state index in [1.165, 1.54) is 5.56 Å². The van der Waals surface area contributed by atoms with Crippen LogP contribution in [0.2, 0.25) is 5.02 Å². The van der Waals surface area contributed by atoms with Gasteiger partial charge in [-0.05, 0) is 50.0 Å². The number of halogens is 1. The Morgan fingerprint density at radius 2 is 2.05 bits per heavy atom. The number of hydrogen-bond acceptors (Lipinski definition) is 4. The first-order valence-corrected chi connectivity index (χ1v) is 7.98. The molecule has 0 aromatic heterocycles. The monoisotopic (exact) mass is 310 g/mol. The zero-order chi connectivity index (χ0) is 15.0. The topological polar surface area (TPSA) is 47.7 Å². The Balaban J connectivity index is 2.00. The summed E-state index contributed by atoms with van der Waals surface area (Å²) in [5, 5.41) is 0.650. The number of nitrogens with zero attached hydrogens (tertiary/aromatic N) is 1. The van der Waals surface area contributed by atoms with E-state index < -0.39 is 0 Å². The molecule has 21 heavy (non-hydrogen) atoms. The van der Waals surface area contributed by atoms with Crippen LogP contribution in [0.1, 0.15) is 30.0 Å². The molecule has 1 aromatic carbocycles. The molecule has 4 nitrogen and oxygen atoms in total. The molecule has 2 aliphatic heterocycles. The van der Waals surface area contributed by atoms with Crippen LogP contribution >= 0.6 is 11.6 Å². The molecule has 0 radical (unpaired) electrons. The second-order valence-electron chi connectivity index (χ2n) is 6.07. The Hall–Kier alpha value is -0.970.